The van der Waals surface area contributed by atoms with Gasteiger partial charge in [0.2, 0.25) is 0 Å². The number of aliphatic hydroxyl groups excluding tert-OH is 1. The Bertz CT molecular complexity index is 366. The second-order valence-corrected chi connectivity index (χ2v) is 2.64. The normalized spacial score (nSPS) is 10.2. The zero-order valence-electron chi connectivity index (χ0n) is 6.96. The summed E-state index contributed by atoms with van der Waals surface area (Å²) in [7, 11) is 0. The van der Waals surface area contributed by atoms with Crippen LogP contribution < -0.4 is 0 Å². The summed E-state index contributed by atoms with van der Waals surface area (Å²) in [4.78, 5) is 1.53. The minimum absolute atomic E-state index is 0.0623. The zero-order chi connectivity index (χ0) is 9.10. The Hall–Kier alpha value is -1.68. The van der Waals surface area contributed by atoms with E-state index in [0.717, 1.165) is 11.3 Å². The predicted octanol–water partition coefficient (Wildman–Crippen LogP) is 0.760. The van der Waals surface area contributed by atoms with E-state index in [1.165, 1.54) is 4.80 Å². The summed E-state index contributed by atoms with van der Waals surface area (Å²) < 4.78 is 0. The van der Waals surface area contributed by atoms with Gasteiger partial charge in [-0.25, -0.2) is 0 Å². The van der Waals surface area contributed by atoms with Crippen molar-refractivity contribution < 1.29 is 5.11 Å². The van der Waals surface area contributed by atoms with E-state index in [0.29, 0.717) is 0 Å². The third-order valence-corrected chi connectivity index (χ3v) is 1.77. The molecule has 0 fully saturated rings. The summed E-state index contributed by atoms with van der Waals surface area (Å²) in [5, 5.41) is 16.8. The number of hydrogen-bond donors (Lipinski definition) is 1. The van der Waals surface area contributed by atoms with Gasteiger partial charge in [0.15, 0.2) is 0 Å². The van der Waals surface area contributed by atoms with Gasteiger partial charge in [0.25, 0.3) is 0 Å². The van der Waals surface area contributed by atoms with Crippen LogP contribution in [-0.2, 0) is 6.61 Å². The molecule has 1 heterocycles. The lowest BCUT2D eigenvalue weighted by atomic mass is 10.2. The molecule has 4 nitrogen and oxygen atoms in total. The van der Waals surface area contributed by atoms with E-state index < -0.39 is 0 Å². The third kappa shape index (κ3) is 1.57. The molecule has 4 heteroatoms. The fourth-order valence-electron chi connectivity index (χ4n) is 1.08. The summed E-state index contributed by atoms with van der Waals surface area (Å²) in [5.41, 5.74) is 1.78. The van der Waals surface area contributed by atoms with Crippen LogP contribution in [0.4, 0.5) is 0 Å². The van der Waals surface area contributed by atoms with Crippen molar-refractivity contribution in [2.24, 2.45) is 0 Å². The van der Waals surface area contributed by atoms with Crippen LogP contribution in [0.3, 0.4) is 0 Å². The van der Waals surface area contributed by atoms with Gasteiger partial charge in [0.1, 0.15) is 0 Å². The molecule has 0 amide bonds. The van der Waals surface area contributed by atoms with Gasteiger partial charge in [-0.15, -0.1) is 0 Å². The van der Waals surface area contributed by atoms with Gasteiger partial charge in [0.05, 0.1) is 24.7 Å². The summed E-state index contributed by atoms with van der Waals surface area (Å²) in [6.45, 7) is 0.0623. The van der Waals surface area contributed by atoms with Gasteiger partial charge in [-0.2, -0.15) is 15.0 Å². The molecule has 1 aromatic heterocycles. The summed E-state index contributed by atoms with van der Waals surface area (Å²) >= 11 is 0. The van der Waals surface area contributed by atoms with Crippen LogP contribution in [0.15, 0.2) is 36.7 Å². The highest BCUT2D eigenvalue weighted by molar-refractivity contribution is 5.32. The first-order valence-corrected chi connectivity index (χ1v) is 3.96. The SMILES string of the molecule is OCc1ccc(-n2nccn2)cc1. The van der Waals surface area contributed by atoms with Crippen LogP contribution in [0.2, 0.25) is 0 Å². The van der Waals surface area contributed by atoms with Crippen LogP contribution in [0, 0.1) is 0 Å². The molecule has 0 spiro atoms. The maximum absolute atomic E-state index is 8.82. The van der Waals surface area contributed by atoms with Crippen molar-refractivity contribution in [1.29, 1.82) is 0 Å². The van der Waals surface area contributed by atoms with Crippen LogP contribution in [0.25, 0.3) is 5.69 Å². The van der Waals surface area contributed by atoms with Crippen LogP contribution in [-0.4, -0.2) is 20.1 Å². The molecule has 0 aliphatic rings. The van der Waals surface area contributed by atoms with Crippen molar-refractivity contribution in [1.82, 2.24) is 15.0 Å². The molecule has 13 heavy (non-hydrogen) atoms. The van der Waals surface area contributed by atoms with Gasteiger partial charge >= 0.3 is 0 Å². The minimum Gasteiger partial charge on any atom is -0.392 e. The van der Waals surface area contributed by atoms with Gasteiger partial charge in [0, 0.05) is 0 Å². The Morgan fingerprint density at radius 3 is 2.23 bits per heavy atom. The van der Waals surface area contributed by atoms with Gasteiger partial charge in [-0.3, -0.25) is 0 Å². The van der Waals surface area contributed by atoms with E-state index in [1.807, 2.05) is 24.3 Å². The van der Waals surface area contributed by atoms with Crippen molar-refractivity contribution in [2.45, 2.75) is 6.61 Å². The molecular weight excluding hydrogens is 166 g/mol. The smallest absolute Gasteiger partial charge is 0.0856 e. The van der Waals surface area contributed by atoms with E-state index >= 15 is 0 Å². The Morgan fingerprint density at radius 2 is 1.69 bits per heavy atom. The van der Waals surface area contributed by atoms with Gasteiger partial charge in [-0.05, 0) is 17.7 Å². The number of benzene rings is 1. The molecule has 66 valence electrons. The first-order chi connectivity index (χ1) is 6.40. The van der Waals surface area contributed by atoms with E-state index in [2.05, 4.69) is 10.2 Å². The lowest BCUT2D eigenvalue weighted by Crippen LogP contribution is -1.98. The average molecular weight is 175 g/mol. The van der Waals surface area contributed by atoms with Crippen molar-refractivity contribution >= 4 is 0 Å². The highest BCUT2D eigenvalue weighted by Crippen LogP contribution is 2.06. The summed E-state index contributed by atoms with van der Waals surface area (Å²) in [6.07, 6.45) is 3.25. The second kappa shape index (κ2) is 3.37. The monoisotopic (exact) mass is 175 g/mol. The molecule has 0 aliphatic heterocycles. The lowest BCUT2D eigenvalue weighted by molar-refractivity contribution is 0.282. The van der Waals surface area contributed by atoms with E-state index in [-0.39, 0.29) is 6.61 Å². The topological polar surface area (TPSA) is 50.9 Å². The van der Waals surface area contributed by atoms with Crippen molar-refractivity contribution in [3.8, 4) is 5.69 Å². The Kier molecular flexibility index (Phi) is 2.06. The number of nitrogens with zero attached hydrogens (tertiary/aromatic N) is 3. The molecule has 0 atom stereocenters. The van der Waals surface area contributed by atoms with Crippen LogP contribution >= 0.6 is 0 Å². The Morgan fingerprint density at radius 1 is 1.08 bits per heavy atom. The number of aromatic nitrogens is 3. The average Bonchev–Trinajstić information content (AvgIpc) is 2.71. The molecule has 0 saturated heterocycles. The number of hydrogen-bond acceptors (Lipinski definition) is 3. The van der Waals surface area contributed by atoms with Gasteiger partial charge in [-0.1, -0.05) is 12.1 Å². The lowest BCUT2D eigenvalue weighted by Gasteiger charge is -1.99. The maximum atomic E-state index is 8.82. The summed E-state index contributed by atoms with van der Waals surface area (Å²) in [6, 6.07) is 7.43. The molecule has 1 N–H and O–H groups in total. The third-order valence-electron chi connectivity index (χ3n) is 1.77. The molecule has 2 rings (SSSR count). The Labute approximate surface area is 75.4 Å². The predicted molar refractivity (Wildman–Crippen MR) is 47.3 cm³/mol. The molecule has 0 aliphatic carbocycles. The molecule has 2 aromatic rings. The maximum Gasteiger partial charge on any atom is 0.0856 e. The standard InChI is InChI=1S/C9H9N3O/c13-7-8-1-3-9(4-2-8)12-10-5-6-11-12/h1-6,13H,7H2. The quantitative estimate of drug-likeness (QED) is 0.733. The van der Waals surface area contributed by atoms with Crippen molar-refractivity contribution in [3.05, 3.63) is 42.2 Å². The number of rotatable bonds is 2. The second-order valence-electron chi connectivity index (χ2n) is 2.64. The fourth-order valence-corrected chi connectivity index (χ4v) is 1.08. The Balaban J connectivity index is 2.33. The number of aliphatic hydroxyl groups is 1. The highest BCUT2D eigenvalue weighted by atomic mass is 16.3. The highest BCUT2D eigenvalue weighted by Gasteiger charge is 1.96. The largest absolute Gasteiger partial charge is 0.392 e. The zero-order valence-corrected chi connectivity index (χ0v) is 6.96. The first-order valence-electron chi connectivity index (χ1n) is 3.96. The van der Waals surface area contributed by atoms with Crippen LogP contribution in [0.1, 0.15) is 5.56 Å². The fraction of sp³-hybridized carbons (Fsp3) is 0.111. The molecule has 0 bridgehead atoms. The van der Waals surface area contributed by atoms with Crippen molar-refractivity contribution in [2.75, 3.05) is 0 Å². The van der Waals surface area contributed by atoms with Crippen LogP contribution in [0.5, 0.6) is 0 Å². The molecule has 0 saturated carbocycles. The van der Waals surface area contributed by atoms with Crippen molar-refractivity contribution in [3.63, 3.8) is 0 Å². The first kappa shape index (κ1) is 7.94. The van der Waals surface area contributed by atoms with E-state index in [9.17, 15) is 0 Å². The molecule has 0 unspecified atom stereocenters. The minimum atomic E-state index is 0.0623. The van der Waals surface area contributed by atoms with Gasteiger partial charge < -0.3 is 5.11 Å². The molecule has 1 aromatic carbocycles. The van der Waals surface area contributed by atoms with E-state index in [1.54, 1.807) is 12.4 Å². The molecular formula is C9H9N3O. The molecule has 0 radical (unpaired) electrons. The summed E-state index contributed by atoms with van der Waals surface area (Å²) in [5.74, 6) is 0. The van der Waals surface area contributed by atoms with E-state index in [4.69, 9.17) is 5.11 Å².